The molecule has 0 unspecified atom stereocenters. The van der Waals surface area contributed by atoms with Gasteiger partial charge in [0.05, 0.1) is 12.1 Å². The Morgan fingerprint density at radius 1 is 0.923 bits per heavy atom. The normalized spacial score (nSPS) is 11.0. The van der Waals surface area contributed by atoms with Crippen molar-refractivity contribution in [2.75, 3.05) is 6.61 Å². The van der Waals surface area contributed by atoms with Crippen molar-refractivity contribution in [2.45, 2.75) is 6.92 Å². The second-order valence-corrected chi connectivity index (χ2v) is 5.98. The third kappa shape index (κ3) is 2.56. The first-order chi connectivity index (χ1) is 12.7. The molecule has 0 saturated heterocycles. The Kier molecular flexibility index (Phi) is 4.01. The first kappa shape index (κ1) is 16.1. The average Bonchev–Trinajstić information content (AvgIpc) is 2.69. The van der Waals surface area contributed by atoms with E-state index in [9.17, 15) is 9.59 Å². The molecule has 4 rings (SSSR count). The molecule has 0 radical (unpaired) electrons. The van der Waals surface area contributed by atoms with E-state index in [2.05, 4.69) is 0 Å². The van der Waals surface area contributed by atoms with Crippen LogP contribution in [0, 0.1) is 0 Å². The molecule has 2 aromatic heterocycles. The van der Waals surface area contributed by atoms with Crippen LogP contribution >= 0.6 is 0 Å². The van der Waals surface area contributed by atoms with E-state index < -0.39 is 5.97 Å². The summed E-state index contributed by atoms with van der Waals surface area (Å²) >= 11 is 0. The van der Waals surface area contributed by atoms with Gasteiger partial charge in [-0.25, -0.2) is 4.79 Å². The van der Waals surface area contributed by atoms with Crippen LogP contribution in [-0.4, -0.2) is 17.0 Å². The van der Waals surface area contributed by atoms with Crippen molar-refractivity contribution in [1.82, 2.24) is 4.40 Å². The van der Waals surface area contributed by atoms with Gasteiger partial charge in [0.25, 0.3) is 5.56 Å². The lowest BCUT2D eigenvalue weighted by Gasteiger charge is -2.12. The highest BCUT2D eigenvalue weighted by atomic mass is 16.5. The molecule has 4 aromatic rings. The van der Waals surface area contributed by atoms with Crippen LogP contribution in [0.3, 0.4) is 0 Å². The average molecular weight is 343 g/mol. The molecule has 128 valence electrons. The highest BCUT2D eigenvalue weighted by Crippen LogP contribution is 2.28. The summed E-state index contributed by atoms with van der Waals surface area (Å²) in [6.45, 7) is 1.95. The minimum Gasteiger partial charge on any atom is -0.462 e. The maximum atomic E-state index is 13.0. The van der Waals surface area contributed by atoms with Crippen LogP contribution in [-0.2, 0) is 4.74 Å². The van der Waals surface area contributed by atoms with E-state index in [0.29, 0.717) is 5.39 Å². The van der Waals surface area contributed by atoms with Gasteiger partial charge in [-0.3, -0.25) is 9.20 Å². The van der Waals surface area contributed by atoms with E-state index in [-0.39, 0.29) is 17.7 Å². The number of nitrogens with zero attached hydrogens (tertiary/aromatic N) is 1. The number of benzene rings is 2. The molecule has 0 bridgehead atoms. The zero-order valence-electron chi connectivity index (χ0n) is 14.3. The van der Waals surface area contributed by atoms with Crippen LogP contribution in [0.4, 0.5) is 0 Å². The Morgan fingerprint density at radius 3 is 2.46 bits per heavy atom. The summed E-state index contributed by atoms with van der Waals surface area (Å²) in [7, 11) is 0. The predicted octanol–water partition coefficient (Wildman–Crippen LogP) is 4.30. The summed E-state index contributed by atoms with van der Waals surface area (Å²) in [4.78, 5) is 25.5. The van der Waals surface area contributed by atoms with Crippen molar-refractivity contribution in [2.24, 2.45) is 0 Å². The first-order valence-corrected chi connectivity index (χ1v) is 8.50. The Labute approximate surface area is 150 Å². The quantitative estimate of drug-likeness (QED) is 0.412. The molecule has 0 aliphatic carbocycles. The fourth-order valence-corrected chi connectivity index (χ4v) is 3.26. The molecule has 0 N–H and O–H groups in total. The summed E-state index contributed by atoms with van der Waals surface area (Å²) in [5.74, 6) is -0.592. The number of hydrogen-bond acceptors (Lipinski definition) is 3. The molecule has 26 heavy (non-hydrogen) atoms. The molecule has 0 spiro atoms. The molecule has 0 atom stereocenters. The highest BCUT2D eigenvalue weighted by Gasteiger charge is 2.19. The molecular formula is C22H17NO3. The van der Waals surface area contributed by atoms with Crippen LogP contribution in [0.15, 0.2) is 77.7 Å². The number of ether oxygens (including phenoxy) is 1. The molecule has 0 aliphatic heterocycles. The summed E-state index contributed by atoms with van der Waals surface area (Å²) in [6, 6.07) is 21.2. The topological polar surface area (TPSA) is 47.8 Å². The lowest BCUT2D eigenvalue weighted by atomic mass is 9.98. The number of carbonyl (C=O) groups is 1. The second-order valence-electron chi connectivity index (χ2n) is 5.98. The lowest BCUT2D eigenvalue weighted by molar-refractivity contribution is 0.0526. The van der Waals surface area contributed by atoms with E-state index in [1.807, 2.05) is 60.7 Å². The monoisotopic (exact) mass is 343 g/mol. The Morgan fingerprint density at radius 2 is 1.69 bits per heavy atom. The van der Waals surface area contributed by atoms with Gasteiger partial charge in [0.15, 0.2) is 0 Å². The minimum absolute atomic E-state index is 0.0725. The van der Waals surface area contributed by atoms with Crippen LogP contribution in [0.2, 0.25) is 0 Å². The van der Waals surface area contributed by atoms with Gasteiger partial charge < -0.3 is 4.74 Å². The molecule has 2 aromatic carbocycles. The summed E-state index contributed by atoms with van der Waals surface area (Å²) in [5.41, 5.74) is 2.45. The fraction of sp³-hybridized carbons (Fsp3) is 0.0909. The molecule has 2 heterocycles. The smallest absolute Gasteiger partial charge is 0.344 e. The van der Waals surface area contributed by atoms with Crippen molar-refractivity contribution >= 4 is 22.3 Å². The van der Waals surface area contributed by atoms with Gasteiger partial charge in [0, 0.05) is 17.0 Å². The van der Waals surface area contributed by atoms with E-state index in [4.69, 9.17) is 4.74 Å². The molecule has 4 nitrogen and oxygen atoms in total. The van der Waals surface area contributed by atoms with Gasteiger partial charge in [-0.1, -0.05) is 48.5 Å². The molecule has 0 fully saturated rings. The molecular weight excluding hydrogens is 326 g/mol. The summed E-state index contributed by atoms with van der Waals surface area (Å²) in [5, 5.41) is 1.45. The molecule has 0 aliphatic rings. The Hall–Kier alpha value is -3.40. The molecule has 4 heteroatoms. The number of esters is 1. The van der Waals surface area contributed by atoms with Crippen molar-refractivity contribution in [3.8, 4) is 11.1 Å². The van der Waals surface area contributed by atoms with Crippen molar-refractivity contribution < 1.29 is 9.53 Å². The third-order valence-electron chi connectivity index (χ3n) is 4.44. The Bertz CT molecular complexity index is 1180. The summed E-state index contributed by atoms with van der Waals surface area (Å²) in [6.07, 6.45) is 1.67. The maximum Gasteiger partial charge on any atom is 0.344 e. The van der Waals surface area contributed by atoms with Gasteiger partial charge in [0.2, 0.25) is 0 Å². The molecule has 0 saturated carbocycles. The zero-order chi connectivity index (χ0) is 18.1. The number of rotatable bonds is 3. The largest absolute Gasteiger partial charge is 0.462 e. The minimum atomic E-state index is -0.592. The van der Waals surface area contributed by atoms with Crippen molar-refractivity contribution in [1.29, 1.82) is 0 Å². The molecule has 0 amide bonds. The van der Waals surface area contributed by atoms with Crippen molar-refractivity contribution in [3.05, 3.63) is 88.8 Å². The van der Waals surface area contributed by atoms with Gasteiger partial charge >= 0.3 is 5.97 Å². The highest BCUT2D eigenvalue weighted by molar-refractivity contribution is 6.09. The van der Waals surface area contributed by atoms with E-state index in [1.54, 1.807) is 19.2 Å². The number of aromatic nitrogens is 1. The van der Waals surface area contributed by atoms with Crippen LogP contribution in [0.5, 0.6) is 0 Å². The van der Waals surface area contributed by atoms with Gasteiger partial charge in [-0.05, 0) is 36.2 Å². The van der Waals surface area contributed by atoms with E-state index in [1.165, 1.54) is 4.40 Å². The fourth-order valence-electron chi connectivity index (χ4n) is 3.26. The third-order valence-corrected chi connectivity index (χ3v) is 4.44. The number of fused-ring (bicyclic) bond motifs is 3. The maximum absolute atomic E-state index is 13.0. The van der Waals surface area contributed by atoms with Gasteiger partial charge in [-0.2, -0.15) is 0 Å². The Balaban J connectivity index is 2.11. The number of pyridine rings is 2. The number of hydrogen-bond donors (Lipinski definition) is 0. The van der Waals surface area contributed by atoms with Crippen molar-refractivity contribution in [3.63, 3.8) is 0 Å². The van der Waals surface area contributed by atoms with Gasteiger partial charge in [-0.15, -0.1) is 0 Å². The van der Waals surface area contributed by atoms with Crippen LogP contribution < -0.4 is 5.56 Å². The standard InChI is InChI=1S/C22H17NO3/c1-2-26-22(25)20-18-14-16(15-8-4-3-5-9-15)11-12-17(18)19-10-6-7-13-23(19)21(20)24/h3-14H,2H2,1H3. The first-order valence-electron chi connectivity index (χ1n) is 8.50. The van der Waals surface area contributed by atoms with Gasteiger partial charge in [0.1, 0.15) is 5.56 Å². The number of carbonyl (C=O) groups excluding carboxylic acids is 1. The SMILES string of the molecule is CCOC(=O)c1c(=O)n2ccccc2c2ccc(-c3ccccc3)cc12. The van der Waals surface area contributed by atoms with Crippen LogP contribution in [0.25, 0.3) is 27.4 Å². The predicted molar refractivity (Wildman–Crippen MR) is 103 cm³/mol. The zero-order valence-corrected chi connectivity index (χ0v) is 14.3. The van der Waals surface area contributed by atoms with Crippen LogP contribution in [0.1, 0.15) is 17.3 Å². The lowest BCUT2D eigenvalue weighted by Crippen LogP contribution is -2.24. The van der Waals surface area contributed by atoms with E-state index in [0.717, 1.165) is 22.0 Å². The second kappa shape index (κ2) is 6.48. The van der Waals surface area contributed by atoms with E-state index >= 15 is 0 Å². The summed E-state index contributed by atoms with van der Waals surface area (Å²) < 4.78 is 6.66.